The number of carbonyl (C=O) groups is 1. The van der Waals surface area contributed by atoms with Crippen LogP contribution >= 0.6 is 0 Å². The van der Waals surface area contributed by atoms with Crippen LogP contribution in [0.5, 0.6) is 0 Å². The molecule has 9 heavy (non-hydrogen) atoms. The van der Waals surface area contributed by atoms with E-state index in [0.29, 0.717) is 17.6 Å². The molecule has 2 fully saturated rings. The van der Waals surface area contributed by atoms with Crippen LogP contribution in [0.1, 0.15) is 12.8 Å². The summed E-state index contributed by atoms with van der Waals surface area (Å²) < 4.78 is 5.21. The van der Waals surface area contributed by atoms with Crippen LogP contribution in [0, 0.1) is 11.8 Å². The van der Waals surface area contributed by atoms with Crippen molar-refractivity contribution in [3.63, 3.8) is 0 Å². The Labute approximate surface area is 54.2 Å². The molecular formula is C7H10O2. The average molecular weight is 126 g/mol. The van der Waals surface area contributed by atoms with Crippen LogP contribution in [0.2, 0.25) is 0 Å². The summed E-state index contributed by atoms with van der Waals surface area (Å²) in [5.74, 6) is 1.60. The lowest BCUT2D eigenvalue weighted by Crippen LogP contribution is -2.01. The molecule has 1 aliphatic heterocycles. The van der Waals surface area contributed by atoms with E-state index in [4.69, 9.17) is 4.74 Å². The summed E-state index contributed by atoms with van der Waals surface area (Å²) in [7, 11) is 0. The van der Waals surface area contributed by atoms with Crippen molar-refractivity contribution in [2.75, 3.05) is 13.2 Å². The molecule has 0 spiro atoms. The second-order valence-corrected chi connectivity index (χ2v) is 3.00. The predicted molar refractivity (Wildman–Crippen MR) is 32.0 cm³/mol. The Kier molecular flexibility index (Phi) is 1.09. The van der Waals surface area contributed by atoms with Crippen molar-refractivity contribution in [2.24, 2.45) is 11.8 Å². The number of ether oxygens (including phenoxy) is 1. The van der Waals surface area contributed by atoms with E-state index < -0.39 is 0 Å². The molecule has 1 saturated heterocycles. The number of carbonyl (C=O) groups excluding carboxylic acids is 1. The van der Waals surface area contributed by atoms with Gasteiger partial charge in [0.25, 0.3) is 0 Å². The second kappa shape index (κ2) is 1.81. The van der Waals surface area contributed by atoms with E-state index in [2.05, 4.69) is 0 Å². The highest BCUT2D eigenvalue weighted by Gasteiger charge is 2.36. The molecule has 2 nitrogen and oxygen atoms in total. The van der Waals surface area contributed by atoms with Gasteiger partial charge in [0.15, 0.2) is 0 Å². The molecular weight excluding hydrogens is 116 g/mol. The largest absolute Gasteiger partial charge is 0.381 e. The summed E-state index contributed by atoms with van der Waals surface area (Å²) in [6, 6.07) is 0. The summed E-state index contributed by atoms with van der Waals surface area (Å²) >= 11 is 0. The lowest BCUT2D eigenvalue weighted by atomic mass is 10.0. The molecule has 2 heteroatoms. The first kappa shape index (κ1) is 5.42. The van der Waals surface area contributed by atoms with Gasteiger partial charge in [0, 0.05) is 12.8 Å². The van der Waals surface area contributed by atoms with Gasteiger partial charge < -0.3 is 4.74 Å². The molecule has 0 amide bonds. The topological polar surface area (TPSA) is 26.3 Å². The van der Waals surface area contributed by atoms with Crippen molar-refractivity contribution in [1.82, 2.24) is 0 Å². The maximum atomic E-state index is 10.8. The summed E-state index contributed by atoms with van der Waals surface area (Å²) in [5, 5.41) is 0. The second-order valence-electron chi connectivity index (χ2n) is 3.00. The fourth-order valence-corrected chi connectivity index (χ4v) is 1.76. The maximum Gasteiger partial charge on any atom is 0.133 e. The van der Waals surface area contributed by atoms with Gasteiger partial charge in [0.2, 0.25) is 0 Å². The van der Waals surface area contributed by atoms with Gasteiger partial charge in [-0.15, -0.1) is 0 Å². The van der Waals surface area contributed by atoms with Crippen LogP contribution in [0.15, 0.2) is 0 Å². The van der Waals surface area contributed by atoms with E-state index in [0.717, 1.165) is 26.1 Å². The van der Waals surface area contributed by atoms with E-state index in [1.807, 2.05) is 0 Å². The maximum absolute atomic E-state index is 10.8. The molecule has 1 aliphatic carbocycles. The average Bonchev–Trinajstić information content (AvgIpc) is 2.22. The molecule has 0 aromatic carbocycles. The van der Waals surface area contributed by atoms with E-state index in [1.54, 1.807) is 0 Å². The van der Waals surface area contributed by atoms with Crippen molar-refractivity contribution in [3.05, 3.63) is 0 Å². The molecule has 2 aliphatic rings. The predicted octanol–water partition coefficient (Wildman–Crippen LogP) is 0.612. The summed E-state index contributed by atoms with van der Waals surface area (Å²) in [6.45, 7) is 1.66. The molecule has 0 radical (unpaired) electrons. The van der Waals surface area contributed by atoms with E-state index in [1.165, 1.54) is 0 Å². The SMILES string of the molecule is O=C1CC2COCC2C1. The summed E-state index contributed by atoms with van der Waals surface area (Å²) in [5.41, 5.74) is 0. The zero-order chi connectivity index (χ0) is 6.27. The Hall–Kier alpha value is -0.370. The monoisotopic (exact) mass is 126 g/mol. The van der Waals surface area contributed by atoms with Gasteiger partial charge in [-0.05, 0) is 11.8 Å². The molecule has 2 atom stereocenters. The summed E-state index contributed by atoms with van der Waals surface area (Å²) in [6.07, 6.45) is 1.56. The van der Waals surface area contributed by atoms with Gasteiger partial charge in [-0.1, -0.05) is 0 Å². The van der Waals surface area contributed by atoms with Gasteiger partial charge in [0.05, 0.1) is 13.2 Å². The number of hydrogen-bond acceptors (Lipinski definition) is 2. The zero-order valence-corrected chi connectivity index (χ0v) is 5.30. The first-order chi connectivity index (χ1) is 4.36. The highest BCUT2D eigenvalue weighted by atomic mass is 16.5. The molecule has 0 bridgehead atoms. The quantitative estimate of drug-likeness (QED) is 0.475. The van der Waals surface area contributed by atoms with Crippen LogP contribution in [-0.4, -0.2) is 19.0 Å². The Bertz CT molecular complexity index is 128. The van der Waals surface area contributed by atoms with E-state index in [-0.39, 0.29) is 0 Å². The van der Waals surface area contributed by atoms with Crippen molar-refractivity contribution in [1.29, 1.82) is 0 Å². The van der Waals surface area contributed by atoms with Crippen molar-refractivity contribution < 1.29 is 9.53 Å². The minimum atomic E-state index is 0.438. The fraction of sp³-hybridized carbons (Fsp3) is 0.857. The fourth-order valence-electron chi connectivity index (χ4n) is 1.76. The smallest absolute Gasteiger partial charge is 0.133 e. The molecule has 50 valence electrons. The van der Waals surface area contributed by atoms with Crippen molar-refractivity contribution in [2.45, 2.75) is 12.8 Å². The molecule has 2 rings (SSSR count). The number of Topliss-reactive ketones (excluding diaryl/α,β-unsaturated/α-hetero) is 1. The number of fused-ring (bicyclic) bond motifs is 1. The lowest BCUT2D eigenvalue weighted by molar-refractivity contribution is -0.118. The normalized spacial score (nSPS) is 41.6. The van der Waals surface area contributed by atoms with Crippen LogP contribution in [0.4, 0.5) is 0 Å². The van der Waals surface area contributed by atoms with Gasteiger partial charge >= 0.3 is 0 Å². The minimum absolute atomic E-state index is 0.438. The lowest BCUT2D eigenvalue weighted by Gasteiger charge is -1.99. The minimum Gasteiger partial charge on any atom is -0.381 e. The third kappa shape index (κ3) is 0.778. The first-order valence-electron chi connectivity index (χ1n) is 3.45. The molecule has 0 aromatic heterocycles. The van der Waals surface area contributed by atoms with Crippen LogP contribution in [0.3, 0.4) is 0 Å². The Morgan fingerprint density at radius 1 is 1.22 bits per heavy atom. The van der Waals surface area contributed by atoms with Crippen LogP contribution in [-0.2, 0) is 9.53 Å². The van der Waals surface area contributed by atoms with Gasteiger partial charge in [-0.3, -0.25) is 4.79 Å². The summed E-state index contributed by atoms with van der Waals surface area (Å²) in [4.78, 5) is 10.8. The van der Waals surface area contributed by atoms with Crippen molar-refractivity contribution >= 4 is 5.78 Å². The molecule has 2 unspecified atom stereocenters. The zero-order valence-electron chi connectivity index (χ0n) is 5.30. The van der Waals surface area contributed by atoms with Crippen LogP contribution < -0.4 is 0 Å². The third-order valence-corrected chi connectivity index (χ3v) is 2.31. The highest BCUT2D eigenvalue weighted by Crippen LogP contribution is 2.33. The van der Waals surface area contributed by atoms with E-state index in [9.17, 15) is 4.79 Å². The van der Waals surface area contributed by atoms with Crippen molar-refractivity contribution in [3.8, 4) is 0 Å². The molecule has 1 saturated carbocycles. The van der Waals surface area contributed by atoms with Gasteiger partial charge in [-0.25, -0.2) is 0 Å². The number of rotatable bonds is 0. The van der Waals surface area contributed by atoms with E-state index >= 15 is 0 Å². The van der Waals surface area contributed by atoms with Gasteiger partial charge in [-0.2, -0.15) is 0 Å². The van der Waals surface area contributed by atoms with Gasteiger partial charge in [0.1, 0.15) is 5.78 Å². The Morgan fingerprint density at radius 2 is 1.78 bits per heavy atom. The Balaban J connectivity index is 2.09. The highest BCUT2D eigenvalue weighted by molar-refractivity contribution is 5.81. The molecule has 0 N–H and O–H groups in total. The van der Waals surface area contributed by atoms with Crippen LogP contribution in [0.25, 0.3) is 0 Å². The number of hydrogen-bond donors (Lipinski definition) is 0. The molecule has 1 heterocycles. The standard InChI is InChI=1S/C7H10O2/c8-7-1-5-3-9-4-6(5)2-7/h5-6H,1-4H2. The molecule has 0 aromatic rings. The number of ketones is 1. The Morgan fingerprint density at radius 3 is 2.33 bits per heavy atom. The third-order valence-electron chi connectivity index (χ3n) is 2.31. The first-order valence-corrected chi connectivity index (χ1v) is 3.45.